The summed E-state index contributed by atoms with van der Waals surface area (Å²) in [6, 6.07) is 17.4. The maximum Gasteiger partial charge on any atom is 0.252 e. The highest BCUT2D eigenvalue weighted by atomic mass is 16.6. The van der Waals surface area contributed by atoms with Gasteiger partial charge in [-0.15, -0.1) is 0 Å². The van der Waals surface area contributed by atoms with Crippen LogP contribution in [0.25, 0.3) is 10.9 Å². The standard InChI is InChI=1S/C23H24N4O2/c1-16-14-26(15-24-16)22(25-23(28)18-9-5-4-6-10-18)13-20-17(2)27(29-3)21-12-8-7-11-19(20)21/h4-12,14-15,22H,13H2,1-3H3,(H,25,28). The molecule has 2 aromatic carbocycles. The topological polar surface area (TPSA) is 61.1 Å². The summed E-state index contributed by atoms with van der Waals surface area (Å²) >= 11 is 0. The van der Waals surface area contributed by atoms with Crippen LogP contribution in [-0.2, 0) is 6.42 Å². The Labute approximate surface area is 169 Å². The van der Waals surface area contributed by atoms with Crippen molar-refractivity contribution in [2.45, 2.75) is 26.4 Å². The average Bonchev–Trinajstić information content (AvgIpc) is 3.29. The molecule has 0 saturated carbocycles. The highest BCUT2D eigenvalue weighted by Gasteiger charge is 2.21. The molecule has 0 spiro atoms. The molecule has 0 aliphatic rings. The summed E-state index contributed by atoms with van der Waals surface area (Å²) in [4.78, 5) is 22.8. The minimum Gasteiger partial charge on any atom is -0.417 e. The maximum atomic E-state index is 12.9. The summed E-state index contributed by atoms with van der Waals surface area (Å²) in [5.74, 6) is -0.116. The average molecular weight is 388 g/mol. The van der Waals surface area contributed by atoms with Crippen molar-refractivity contribution in [2.24, 2.45) is 0 Å². The molecule has 0 bridgehead atoms. The van der Waals surface area contributed by atoms with Crippen molar-refractivity contribution >= 4 is 16.8 Å². The lowest BCUT2D eigenvalue weighted by Gasteiger charge is -2.21. The summed E-state index contributed by atoms with van der Waals surface area (Å²) in [6.45, 7) is 3.97. The SMILES string of the molecule is COn1c(C)c(CC(NC(=O)c2ccccc2)n2cnc(C)c2)c2ccccc21. The number of hydrogen-bond donors (Lipinski definition) is 1. The Bertz CT molecular complexity index is 1140. The van der Waals surface area contributed by atoms with Crippen LogP contribution >= 0.6 is 0 Å². The lowest BCUT2D eigenvalue weighted by atomic mass is 10.1. The van der Waals surface area contributed by atoms with Crippen LogP contribution in [0.15, 0.2) is 67.1 Å². The predicted molar refractivity (Wildman–Crippen MR) is 113 cm³/mol. The number of aromatic nitrogens is 3. The van der Waals surface area contributed by atoms with Crippen LogP contribution in [0.2, 0.25) is 0 Å². The molecule has 0 saturated heterocycles. The Balaban J connectivity index is 1.72. The quantitative estimate of drug-likeness (QED) is 0.548. The Morgan fingerprint density at radius 3 is 2.52 bits per heavy atom. The Kier molecular flexibility index (Phi) is 5.08. The zero-order valence-corrected chi connectivity index (χ0v) is 16.8. The third-order valence-corrected chi connectivity index (χ3v) is 5.19. The first kappa shape index (κ1) is 18.8. The highest BCUT2D eigenvalue weighted by molar-refractivity contribution is 5.94. The molecular formula is C23H24N4O2. The van der Waals surface area contributed by atoms with E-state index in [1.807, 2.05) is 77.9 Å². The minimum absolute atomic E-state index is 0.116. The van der Waals surface area contributed by atoms with Gasteiger partial charge in [0.2, 0.25) is 0 Å². The van der Waals surface area contributed by atoms with E-state index >= 15 is 0 Å². The number of nitrogens with one attached hydrogen (secondary N) is 1. The van der Waals surface area contributed by atoms with E-state index in [0.29, 0.717) is 12.0 Å². The first-order valence-electron chi connectivity index (χ1n) is 9.58. The molecule has 0 fully saturated rings. The second-order valence-electron chi connectivity index (χ2n) is 7.08. The van der Waals surface area contributed by atoms with E-state index in [1.54, 1.807) is 13.4 Å². The predicted octanol–water partition coefficient (Wildman–Crippen LogP) is 3.68. The maximum absolute atomic E-state index is 12.9. The molecule has 148 valence electrons. The molecule has 6 nitrogen and oxygen atoms in total. The lowest BCUT2D eigenvalue weighted by Crippen LogP contribution is -2.33. The number of carbonyl (C=O) groups excluding carboxylic acids is 1. The number of rotatable bonds is 6. The Hall–Kier alpha value is -3.54. The Morgan fingerprint density at radius 1 is 1.10 bits per heavy atom. The van der Waals surface area contributed by atoms with Gasteiger partial charge < -0.3 is 14.7 Å². The molecule has 2 aromatic heterocycles. The van der Waals surface area contributed by atoms with Gasteiger partial charge in [-0.25, -0.2) is 4.98 Å². The van der Waals surface area contributed by atoms with Crippen LogP contribution in [0, 0.1) is 13.8 Å². The third-order valence-electron chi connectivity index (χ3n) is 5.19. The first-order valence-corrected chi connectivity index (χ1v) is 9.58. The van der Waals surface area contributed by atoms with E-state index < -0.39 is 0 Å². The van der Waals surface area contributed by atoms with Crippen molar-refractivity contribution in [1.29, 1.82) is 0 Å². The van der Waals surface area contributed by atoms with Gasteiger partial charge in [-0.2, -0.15) is 4.73 Å². The van der Waals surface area contributed by atoms with Crippen molar-refractivity contribution in [3.8, 4) is 0 Å². The molecule has 0 aliphatic heterocycles. The molecule has 29 heavy (non-hydrogen) atoms. The molecule has 2 heterocycles. The van der Waals surface area contributed by atoms with Gasteiger partial charge in [0, 0.05) is 23.6 Å². The van der Waals surface area contributed by atoms with Gasteiger partial charge in [-0.05, 0) is 37.6 Å². The van der Waals surface area contributed by atoms with Crippen molar-refractivity contribution in [2.75, 3.05) is 7.11 Å². The molecule has 6 heteroatoms. The molecule has 1 N–H and O–H groups in total. The number of amides is 1. The lowest BCUT2D eigenvalue weighted by molar-refractivity contribution is 0.0919. The number of aryl methyl sites for hydroxylation is 1. The normalized spacial score (nSPS) is 12.1. The summed E-state index contributed by atoms with van der Waals surface area (Å²) in [6.07, 6.45) is 4.03. The second kappa shape index (κ2) is 7.83. The summed E-state index contributed by atoms with van der Waals surface area (Å²) in [7, 11) is 1.66. The zero-order chi connectivity index (χ0) is 20.4. The van der Waals surface area contributed by atoms with Crippen molar-refractivity contribution in [3.63, 3.8) is 0 Å². The van der Waals surface area contributed by atoms with Crippen molar-refractivity contribution < 1.29 is 9.63 Å². The van der Waals surface area contributed by atoms with Gasteiger partial charge in [-0.3, -0.25) is 4.79 Å². The van der Waals surface area contributed by atoms with Gasteiger partial charge in [0.15, 0.2) is 0 Å². The smallest absolute Gasteiger partial charge is 0.252 e. The number of imidazole rings is 1. The fraction of sp³-hybridized carbons (Fsp3) is 0.217. The molecular weight excluding hydrogens is 364 g/mol. The zero-order valence-electron chi connectivity index (χ0n) is 16.8. The monoisotopic (exact) mass is 388 g/mol. The fourth-order valence-corrected chi connectivity index (χ4v) is 3.76. The third kappa shape index (κ3) is 3.61. The van der Waals surface area contributed by atoms with Crippen molar-refractivity contribution in [1.82, 2.24) is 19.6 Å². The van der Waals surface area contributed by atoms with Gasteiger partial charge in [-0.1, -0.05) is 36.4 Å². The first-order chi connectivity index (χ1) is 14.1. The van der Waals surface area contributed by atoms with E-state index in [1.165, 1.54) is 0 Å². The van der Waals surface area contributed by atoms with Crippen LogP contribution in [-0.4, -0.2) is 27.3 Å². The molecule has 0 radical (unpaired) electrons. The van der Waals surface area contributed by atoms with Crippen LogP contribution in [0.5, 0.6) is 0 Å². The number of hydrogen-bond acceptors (Lipinski definition) is 3. The fourth-order valence-electron chi connectivity index (χ4n) is 3.76. The summed E-state index contributed by atoms with van der Waals surface area (Å²) in [5.41, 5.74) is 4.69. The number of nitrogens with zero attached hydrogens (tertiary/aromatic N) is 3. The van der Waals surface area contributed by atoms with E-state index in [-0.39, 0.29) is 12.1 Å². The van der Waals surface area contributed by atoms with Gasteiger partial charge in [0.05, 0.1) is 23.2 Å². The molecule has 4 aromatic rings. The van der Waals surface area contributed by atoms with Crippen LogP contribution in [0.3, 0.4) is 0 Å². The number of fused-ring (bicyclic) bond motifs is 1. The Morgan fingerprint density at radius 2 is 1.83 bits per heavy atom. The molecule has 0 aliphatic carbocycles. The summed E-state index contributed by atoms with van der Waals surface area (Å²) in [5, 5.41) is 4.28. The van der Waals surface area contributed by atoms with Crippen LogP contribution in [0.1, 0.15) is 33.5 Å². The van der Waals surface area contributed by atoms with Gasteiger partial charge in [0.1, 0.15) is 13.3 Å². The van der Waals surface area contributed by atoms with E-state index in [9.17, 15) is 4.79 Å². The van der Waals surface area contributed by atoms with E-state index in [2.05, 4.69) is 16.4 Å². The van der Waals surface area contributed by atoms with Crippen molar-refractivity contribution in [3.05, 3.63) is 89.6 Å². The molecule has 1 atom stereocenters. The van der Waals surface area contributed by atoms with Gasteiger partial charge >= 0.3 is 0 Å². The largest absolute Gasteiger partial charge is 0.417 e. The number of carbonyl (C=O) groups is 1. The van der Waals surface area contributed by atoms with Crippen LogP contribution in [0.4, 0.5) is 0 Å². The molecule has 1 unspecified atom stereocenters. The van der Waals surface area contributed by atoms with E-state index in [4.69, 9.17) is 4.84 Å². The van der Waals surface area contributed by atoms with Crippen LogP contribution < -0.4 is 10.2 Å². The minimum atomic E-state index is -0.279. The molecule has 4 rings (SSSR count). The van der Waals surface area contributed by atoms with E-state index in [0.717, 1.165) is 27.9 Å². The number of para-hydroxylation sites is 1. The molecule has 1 amide bonds. The number of benzene rings is 2. The highest BCUT2D eigenvalue weighted by Crippen LogP contribution is 2.28. The van der Waals surface area contributed by atoms with Gasteiger partial charge in [0.25, 0.3) is 5.91 Å². The second-order valence-corrected chi connectivity index (χ2v) is 7.08. The summed E-state index contributed by atoms with van der Waals surface area (Å²) < 4.78 is 3.79.